The highest BCUT2D eigenvalue weighted by Crippen LogP contribution is 2.45. The molecule has 0 atom stereocenters. The van der Waals surface area contributed by atoms with E-state index in [4.69, 9.17) is 9.73 Å². The van der Waals surface area contributed by atoms with Crippen molar-refractivity contribution in [2.24, 2.45) is 4.99 Å². The molecule has 0 bridgehead atoms. The number of rotatable bonds is 6. The third-order valence-electron chi connectivity index (χ3n) is 4.49. The Hall–Kier alpha value is -2.42. The van der Waals surface area contributed by atoms with Gasteiger partial charge in [0.25, 0.3) is 0 Å². The van der Waals surface area contributed by atoms with Gasteiger partial charge in [-0.2, -0.15) is 0 Å². The van der Waals surface area contributed by atoms with Crippen LogP contribution >= 0.6 is 0 Å². The average molecular weight is 349 g/mol. The Labute approximate surface area is 156 Å². The van der Waals surface area contributed by atoms with Gasteiger partial charge in [-0.15, -0.1) is 0 Å². The van der Waals surface area contributed by atoms with Crippen LogP contribution in [0.3, 0.4) is 0 Å². The molecule has 3 rings (SSSR count). The summed E-state index contributed by atoms with van der Waals surface area (Å²) in [4.78, 5) is 17.2. The number of hydrogen-bond acceptors (Lipinski definition) is 3. The Morgan fingerprint density at radius 2 is 1.46 bits per heavy atom. The van der Waals surface area contributed by atoms with E-state index in [1.54, 1.807) is 0 Å². The van der Waals surface area contributed by atoms with E-state index in [1.807, 2.05) is 57.2 Å². The van der Waals surface area contributed by atoms with Gasteiger partial charge in [0.1, 0.15) is 5.60 Å². The number of ether oxygens (including phenoxy) is 1. The molecule has 0 aromatic heterocycles. The predicted octanol–water partition coefficient (Wildman–Crippen LogP) is 5.18. The van der Waals surface area contributed by atoms with Crippen LogP contribution in [0.25, 0.3) is 0 Å². The third-order valence-corrected chi connectivity index (χ3v) is 4.49. The Balaban J connectivity index is 1.80. The second kappa shape index (κ2) is 7.45. The smallest absolute Gasteiger partial charge is 0.306 e. The van der Waals surface area contributed by atoms with E-state index in [0.29, 0.717) is 6.42 Å². The number of carbonyl (C=O) groups is 1. The van der Waals surface area contributed by atoms with Gasteiger partial charge in [0, 0.05) is 17.5 Å². The van der Waals surface area contributed by atoms with Crippen LogP contribution in [-0.2, 0) is 9.53 Å². The molecule has 0 saturated heterocycles. The van der Waals surface area contributed by atoms with Gasteiger partial charge in [-0.3, -0.25) is 9.79 Å². The molecule has 0 unspecified atom stereocenters. The first-order chi connectivity index (χ1) is 12.4. The van der Waals surface area contributed by atoms with Crippen molar-refractivity contribution in [1.29, 1.82) is 0 Å². The fourth-order valence-corrected chi connectivity index (χ4v) is 3.01. The quantitative estimate of drug-likeness (QED) is 0.532. The summed E-state index contributed by atoms with van der Waals surface area (Å²) >= 11 is 0. The average Bonchev–Trinajstić information content (AvgIpc) is 3.38. The second-order valence-corrected chi connectivity index (χ2v) is 8.00. The summed E-state index contributed by atoms with van der Waals surface area (Å²) in [5, 5.41) is 0. The van der Waals surface area contributed by atoms with E-state index in [-0.39, 0.29) is 11.5 Å². The van der Waals surface area contributed by atoms with Gasteiger partial charge in [-0.25, -0.2) is 0 Å². The van der Waals surface area contributed by atoms with Crippen molar-refractivity contribution in [2.45, 2.75) is 57.6 Å². The maximum absolute atomic E-state index is 12.1. The summed E-state index contributed by atoms with van der Waals surface area (Å²) in [6.45, 7) is 5.70. The lowest BCUT2D eigenvalue weighted by molar-refractivity contribution is -0.155. The highest BCUT2D eigenvalue weighted by Gasteiger charge is 2.43. The van der Waals surface area contributed by atoms with Crippen molar-refractivity contribution in [3.63, 3.8) is 0 Å². The molecule has 0 spiro atoms. The lowest BCUT2D eigenvalue weighted by Crippen LogP contribution is -2.24. The van der Waals surface area contributed by atoms with Crippen LogP contribution in [0.5, 0.6) is 0 Å². The monoisotopic (exact) mass is 349 g/mol. The summed E-state index contributed by atoms with van der Waals surface area (Å²) in [6.07, 6.45) is 3.21. The largest absolute Gasteiger partial charge is 0.460 e. The fraction of sp³-hybridized carbons (Fsp3) is 0.391. The van der Waals surface area contributed by atoms with Gasteiger partial charge in [0.2, 0.25) is 0 Å². The number of nitrogens with zero attached hydrogens (tertiary/aromatic N) is 1. The molecule has 2 aromatic carbocycles. The minimum Gasteiger partial charge on any atom is -0.460 e. The number of esters is 1. The zero-order valence-corrected chi connectivity index (χ0v) is 15.9. The summed E-state index contributed by atoms with van der Waals surface area (Å²) in [5.41, 5.74) is 2.67. The zero-order chi connectivity index (χ0) is 18.6. The Morgan fingerprint density at radius 3 is 1.88 bits per heavy atom. The lowest BCUT2D eigenvalue weighted by Gasteiger charge is -2.20. The van der Waals surface area contributed by atoms with E-state index in [1.165, 1.54) is 0 Å². The molecular weight excluding hydrogens is 322 g/mol. The van der Waals surface area contributed by atoms with E-state index in [2.05, 4.69) is 24.3 Å². The second-order valence-electron chi connectivity index (χ2n) is 8.00. The van der Waals surface area contributed by atoms with Crippen LogP contribution in [0.15, 0.2) is 65.7 Å². The summed E-state index contributed by atoms with van der Waals surface area (Å²) in [6, 6.07) is 20.5. The van der Waals surface area contributed by atoms with Gasteiger partial charge in [0.05, 0.1) is 11.3 Å². The molecule has 0 heterocycles. The fourth-order valence-electron chi connectivity index (χ4n) is 3.01. The van der Waals surface area contributed by atoms with Crippen LogP contribution in [0.1, 0.15) is 57.6 Å². The van der Waals surface area contributed by atoms with Gasteiger partial charge < -0.3 is 4.74 Å². The number of benzene rings is 2. The van der Waals surface area contributed by atoms with Crippen LogP contribution in [0.2, 0.25) is 0 Å². The van der Waals surface area contributed by atoms with Crippen molar-refractivity contribution < 1.29 is 9.53 Å². The summed E-state index contributed by atoms with van der Waals surface area (Å²) in [7, 11) is 0. The van der Waals surface area contributed by atoms with Crippen LogP contribution in [0.4, 0.5) is 0 Å². The Bertz CT molecular complexity index is 727. The molecule has 0 aliphatic heterocycles. The number of carbonyl (C=O) groups excluding carboxylic acids is 1. The molecule has 1 aliphatic carbocycles. The maximum Gasteiger partial charge on any atom is 0.306 e. The molecule has 1 aliphatic rings. The minimum atomic E-state index is -0.434. The van der Waals surface area contributed by atoms with Crippen molar-refractivity contribution in [3.05, 3.63) is 71.8 Å². The van der Waals surface area contributed by atoms with Crippen LogP contribution < -0.4 is 0 Å². The van der Waals surface area contributed by atoms with Crippen LogP contribution in [-0.4, -0.2) is 22.8 Å². The van der Waals surface area contributed by atoms with Gasteiger partial charge in [-0.1, -0.05) is 60.7 Å². The maximum atomic E-state index is 12.1. The first-order valence-electron chi connectivity index (χ1n) is 9.30. The molecule has 1 fully saturated rings. The first-order valence-corrected chi connectivity index (χ1v) is 9.30. The normalized spacial score (nSPS) is 15.2. The SMILES string of the molecule is CC(C)(C)OC(=O)CCC1(N=C(c2ccccc2)c2ccccc2)CC1. The molecule has 0 amide bonds. The molecule has 26 heavy (non-hydrogen) atoms. The first kappa shape index (κ1) is 18.4. The Kier molecular flexibility index (Phi) is 5.26. The third kappa shape index (κ3) is 5.04. The molecular formula is C23H27NO2. The molecule has 3 heteroatoms. The molecule has 136 valence electrons. The van der Waals surface area contributed by atoms with Gasteiger partial charge in [0.15, 0.2) is 0 Å². The molecule has 0 radical (unpaired) electrons. The standard InChI is InChI=1S/C23H27NO2/c1-22(2,3)26-20(25)14-15-23(16-17-23)24-21(18-10-6-4-7-11-18)19-12-8-5-9-13-19/h4-13H,14-17H2,1-3H3. The minimum absolute atomic E-state index is 0.127. The van der Waals surface area contributed by atoms with Crippen LogP contribution in [0, 0.1) is 0 Å². The van der Waals surface area contributed by atoms with Crippen molar-refractivity contribution >= 4 is 11.7 Å². The molecule has 3 nitrogen and oxygen atoms in total. The summed E-state index contributed by atoms with van der Waals surface area (Å²) < 4.78 is 5.45. The topological polar surface area (TPSA) is 38.7 Å². The Morgan fingerprint density at radius 1 is 0.962 bits per heavy atom. The lowest BCUT2D eigenvalue weighted by atomic mass is 10.0. The molecule has 2 aromatic rings. The number of hydrogen-bond donors (Lipinski definition) is 0. The highest BCUT2D eigenvalue weighted by atomic mass is 16.6. The summed E-state index contributed by atoms with van der Waals surface area (Å²) in [5.74, 6) is -0.139. The van der Waals surface area contributed by atoms with E-state index < -0.39 is 5.60 Å². The molecule has 1 saturated carbocycles. The predicted molar refractivity (Wildman–Crippen MR) is 106 cm³/mol. The van der Waals surface area contributed by atoms with Crippen molar-refractivity contribution in [1.82, 2.24) is 0 Å². The van der Waals surface area contributed by atoms with Crippen molar-refractivity contribution in [3.8, 4) is 0 Å². The van der Waals surface area contributed by atoms with E-state index in [0.717, 1.165) is 36.1 Å². The van der Waals surface area contributed by atoms with Gasteiger partial charge >= 0.3 is 5.97 Å². The van der Waals surface area contributed by atoms with E-state index >= 15 is 0 Å². The molecule has 0 N–H and O–H groups in total. The highest BCUT2D eigenvalue weighted by molar-refractivity contribution is 6.13. The van der Waals surface area contributed by atoms with Crippen molar-refractivity contribution in [2.75, 3.05) is 0 Å². The zero-order valence-electron chi connectivity index (χ0n) is 15.9. The van der Waals surface area contributed by atoms with E-state index in [9.17, 15) is 4.79 Å². The van der Waals surface area contributed by atoms with Gasteiger partial charge in [-0.05, 0) is 40.0 Å². The number of aliphatic imine (C=N–C) groups is 1.